The highest BCUT2D eigenvalue weighted by atomic mass is 19.1. The van der Waals surface area contributed by atoms with Gasteiger partial charge in [-0.15, -0.1) is 0 Å². The number of aromatic nitrogens is 2. The van der Waals surface area contributed by atoms with E-state index in [2.05, 4.69) is 15.6 Å². The van der Waals surface area contributed by atoms with Gasteiger partial charge < -0.3 is 19.4 Å². The Morgan fingerprint density at radius 1 is 0.897 bits per heavy atom. The Kier molecular flexibility index (Phi) is 9.32. The number of fused-ring (bicyclic) bond motifs is 1. The van der Waals surface area contributed by atoms with Gasteiger partial charge in [-0.25, -0.2) is 19.0 Å². The summed E-state index contributed by atoms with van der Waals surface area (Å²) >= 11 is 0. The molecule has 0 atom stereocenters. The number of unbranched alkanes of at least 4 members (excludes halogenated alkanes) is 2. The molecule has 0 saturated carbocycles. The third-order valence-electron chi connectivity index (χ3n) is 5.42. The van der Waals surface area contributed by atoms with Crippen LogP contribution in [0.1, 0.15) is 81.5 Å². The Hall–Kier alpha value is -3.95. The van der Waals surface area contributed by atoms with E-state index in [-0.39, 0.29) is 17.1 Å². The summed E-state index contributed by atoms with van der Waals surface area (Å²) in [5.41, 5.74) is 0.399. The molecule has 0 aliphatic rings. The van der Waals surface area contributed by atoms with Crippen LogP contribution in [0.4, 0.5) is 15.1 Å². The molecule has 210 valence electrons. The Morgan fingerprint density at radius 2 is 1.59 bits per heavy atom. The number of hydrogen-bond acceptors (Lipinski definition) is 6. The molecule has 0 bridgehead atoms. The van der Waals surface area contributed by atoms with Gasteiger partial charge >= 0.3 is 12.1 Å². The van der Waals surface area contributed by atoms with Gasteiger partial charge in [0.2, 0.25) is 5.95 Å². The summed E-state index contributed by atoms with van der Waals surface area (Å²) in [6.07, 6.45) is 1.81. The molecule has 3 rings (SSSR count). The van der Waals surface area contributed by atoms with E-state index >= 15 is 0 Å². The summed E-state index contributed by atoms with van der Waals surface area (Å²) in [4.78, 5) is 41.8. The number of carbonyl (C=O) groups excluding carboxylic acids is 3. The largest absolute Gasteiger partial charge is 0.456 e. The number of nitrogens with one attached hydrogen (secondary N) is 2. The van der Waals surface area contributed by atoms with Crippen LogP contribution in [-0.4, -0.2) is 45.3 Å². The molecule has 0 fully saturated rings. The minimum Gasteiger partial charge on any atom is -0.456 e. The van der Waals surface area contributed by atoms with Crippen molar-refractivity contribution in [3.63, 3.8) is 0 Å². The number of imidazole rings is 1. The molecule has 3 aromatic rings. The van der Waals surface area contributed by atoms with Crippen LogP contribution in [0.3, 0.4) is 0 Å². The summed E-state index contributed by atoms with van der Waals surface area (Å²) in [5.74, 6) is -1.14. The van der Waals surface area contributed by atoms with Crippen molar-refractivity contribution in [3.8, 4) is 0 Å². The second-order valence-electron chi connectivity index (χ2n) is 11.2. The lowest BCUT2D eigenvalue weighted by Crippen LogP contribution is -2.33. The van der Waals surface area contributed by atoms with Gasteiger partial charge in [0, 0.05) is 24.7 Å². The molecule has 0 aliphatic heterocycles. The zero-order valence-electron chi connectivity index (χ0n) is 23.4. The first kappa shape index (κ1) is 29.6. The van der Waals surface area contributed by atoms with E-state index in [0.29, 0.717) is 24.1 Å². The van der Waals surface area contributed by atoms with Crippen molar-refractivity contribution in [2.24, 2.45) is 0 Å². The molecule has 0 saturated heterocycles. The minimum absolute atomic E-state index is 0.258. The van der Waals surface area contributed by atoms with Crippen LogP contribution in [0.25, 0.3) is 11.0 Å². The van der Waals surface area contributed by atoms with Crippen molar-refractivity contribution in [2.75, 3.05) is 11.9 Å². The van der Waals surface area contributed by atoms with E-state index in [9.17, 15) is 18.8 Å². The van der Waals surface area contributed by atoms with Crippen LogP contribution in [0.5, 0.6) is 0 Å². The molecular formula is C29H37FN4O5. The summed E-state index contributed by atoms with van der Waals surface area (Å²) in [7, 11) is 0. The number of amides is 2. The van der Waals surface area contributed by atoms with Crippen molar-refractivity contribution in [1.29, 1.82) is 0 Å². The number of hydrogen-bond donors (Lipinski definition) is 2. The van der Waals surface area contributed by atoms with E-state index in [1.165, 1.54) is 18.2 Å². The Labute approximate surface area is 228 Å². The molecule has 9 nitrogen and oxygen atoms in total. The standard InChI is InChI=1S/C29H37FN4O5/c1-28(2,3)38-25(36)20-12-10-11-19(17-20)24(35)33-26-32-22-18-21(30)13-14-23(22)34(26)16-9-7-8-15-31-27(37)39-29(4,5)6/h10-14,17-18H,7-9,15-16H2,1-6H3,(H,31,37)(H,32,33,35). The SMILES string of the molecule is CC(C)(C)OC(=O)NCCCCCn1c(NC(=O)c2cccc(C(=O)OC(C)(C)C)c2)nc2cc(F)ccc21. The second-order valence-corrected chi connectivity index (χ2v) is 11.2. The van der Waals surface area contributed by atoms with Crippen LogP contribution < -0.4 is 10.6 Å². The van der Waals surface area contributed by atoms with Crippen LogP contribution >= 0.6 is 0 Å². The van der Waals surface area contributed by atoms with Gasteiger partial charge in [-0.1, -0.05) is 6.07 Å². The molecule has 1 heterocycles. The third-order valence-corrected chi connectivity index (χ3v) is 5.42. The molecule has 0 spiro atoms. The quantitative estimate of drug-likeness (QED) is 0.251. The molecule has 39 heavy (non-hydrogen) atoms. The summed E-state index contributed by atoms with van der Waals surface area (Å²) in [6, 6.07) is 10.5. The third kappa shape index (κ3) is 9.08. The molecule has 2 aromatic carbocycles. The maximum absolute atomic E-state index is 13.9. The van der Waals surface area contributed by atoms with E-state index in [1.54, 1.807) is 45.0 Å². The fourth-order valence-corrected chi connectivity index (χ4v) is 3.80. The maximum atomic E-state index is 13.9. The lowest BCUT2D eigenvalue weighted by atomic mass is 10.1. The van der Waals surface area contributed by atoms with Gasteiger partial charge in [0.15, 0.2) is 0 Å². The highest BCUT2D eigenvalue weighted by Crippen LogP contribution is 2.23. The van der Waals surface area contributed by atoms with E-state index in [4.69, 9.17) is 9.47 Å². The van der Waals surface area contributed by atoms with Gasteiger partial charge in [0.05, 0.1) is 16.6 Å². The van der Waals surface area contributed by atoms with Crippen molar-refractivity contribution in [3.05, 3.63) is 59.4 Å². The summed E-state index contributed by atoms with van der Waals surface area (Å²) in [5, 5.41) is 5.54. The molecule has 0 aliphatic carbocycles. The van der Waals surface area contributed by atoms with Crippen LogP contribution in [-0.2, 0) is 16.0 Å². The van der Waals surface area contributed by atoms with Gasteiger partial charge in [-0.05, 0) is 91.1 Å². The smallest absolute Gasteiger partial charge is 0.407 e. The Bertz CT molecular complexity index is 1340. The normalized spacial score (nSPS) is 11.8. The van der Waals surface area contributed by atoms with Crippen molar-refractivity contribution < 1.29 is 28.2 Å². The van der Waals surface area contributed by atoms with Gasteiger partial charge in [0.1, 0.15) is 17.0 Å². The number of ether oxygens (including phenoxy) is 2. The van der Waals surface area contributed by atoms with Gasteiger partial charge in [0.25, 0.3) is 5.91 Å². The predicted molar refractivity (Wildman–Crippen MR) is 147 cm³/mol. The molecule has 0 radical (unpaired) electrons. The van der Waals surface area contributed by atoms with E-state index in [0.717, 1.165) is 19.3 Å². The lowest BCUT2D eigenvalue weighted by Gasteiger charge is -2.19. The zero-order chi connectivity index (χ0) is 28.8. The highest BCUT2D eigenvalue weighted by molar-refractivity contribution is 6.05. The first-order valence-electron chi connectivity index (χ1n) is 13.0. The number of aryl methyl sites for hydroxylation is 1. The fraction of sp³-hybridized carbons (Fsp3) is 0.448. The molecule has 2 N–H and O–H groups in total. The van der Waals surface area contributed by atoms with Crippen LogP contribution in [0.15, 0.2) is 42.5 Å². The van der Waals surface area contributed by atoms with Crippen molar-refractivity contribution in [2.45, 2.75) is 78.6 Å². The number of halogens is 1. The van der Waals surface area contributed by atoms with Crippen molar-refractivity contribution >= 4 is 35.0 Å². The number of anilines is 1. The molecule has 2 amide bonds. The second kappa shape index (κ2) is 12.3. The first-order chi connectivity index (χ1) is 18.2. The zero-order valence-corrected chi connectivity index (χ0v) is 23.4. The topological polar surface area (TPSA) is 112 Å². The predicted octanol–water partition coefficient (Wildman–Crippen LogP) is 6.08. The van der Waals surface area contributed by atoms with E-state index < -0.39 is 35.0 Å². The van der Waals surface area contributed by atoms with Gasteiger partial charge in [-0.2, -0.15) is 0 Å². The van der Waals surface area contributed by atoms with Crippen LogP contribution in [0.2, 0.25) is 0 Å². The number of rotatable bonds is 9. The summed E-state index contributed by atoms with van der Waals surface area (Å²) < 4.78 is 26.3. The fourth-order valence-electron chi connectivity index (χ4n) is 3.80. The molecule has 10 heteroatoms. The number of esters is 1. The number of benzene rings is 2. The number of nitrogens with zero attached hydrogens (tertiary/aromatic N) is 2. The summed E-state index contributed by atoms with van der Waals surface area (Å²) in [6.45, 7) is 11.7. The van der Waals surface area contributed by atoms with Crippen LogP contribution in [0, 0.1) is 5.82 Å². The minimum atomic E-state index is -0.665. The first-order valence-corrected chi connectivity index (χ1v) is 13.0. The highest BCUT2D eigenvalue weighted by Gasteiger charge is 2.20. The van der Waals surface area contributed by atoms with E-state index in [1.807, 2.05) is 25.3 Å². The average molecular weight is 541 g/mol. The molecule has 1 aromatic heterocycles. The molecular weight excluding hydrogens is 503 g/mol. The average Bonchev–Trinajstić information content (AvgIpc) is 3.14. The maximum Gasteiger partial charge on any atom is 0.407 e. The number of alkyl carbamates (subject to hydrolysis) is 1. The monoisotopic (exact) mass is 540 g/mol. The van der Waals surface area contributed by atoms with Gasteiger partial charge in [-0.3, -0.25) is 10.1 Å². The number of carbonyl (C=O) groups is 3. The Morgan fingerprint density at radius 3 is 2.28 bits per heavy atom. The Balaban J connectivity index is 1.68. The lowest BCUT2D eigenvalue weighted by molar-refractivity contribution is 0.00691. The molecule has 0 unspecified atom stereocenters. The van der Waals surface area contributed by atoms with Crippen molar-refractivity contribution in [1.82, 2.24) is 14.9 Å².